The quantitative estimate of drug-likeness (QED) is 0.582. The van der Waals surface area contributed by atoms with Crippen LogP contribution in [-0.4, -0.2) is 51.8 Å². The van der Waals surface area contributed by atoms with Gasteiger partial charge in [-0.15, -0.1) is 0 Å². The van der Waals surface area contributed by atoms with Gasteiger partial charge in [0.05, 0.1) is 37.2 Å². The van der Waals surface area contributed by atoms with Crippen molar-refractivity contribution in [2.45, 2.75) is 18.2 Å². The smallest absolute Gasteiger partial charge is 0.310 e. The summed E-state index contributed by atoms with van der Waals surface area (Å²) < 4.78 is 38.2. The summed E-state index contributed by atoms with van der Waals surface area (Å²) in [5.74, 6) is -0.418. The molecule has 0 bridgehead atoms. The lowest BCUT2D eigenvalue weighted by Crippen LogP contribution is -2.36. The van der Waals surface area contributed by atoms with Gasteiger partial charge in [-0.2, -0.15) is 0 Å². The van der Waals surface area contributed by atoms with Gasteiger partial charge < -0.3 is 14.4 Å². The fraction of sp³-hybridized carbons (Fsp3) is 0.318. The van der Waals surface area contributed by atoms with Crippen molar-refractivity contribution in [2.75, 3.05) is 38.3 Å². The Morgan fingerprint density at radius 1 is 1.10 bits per heavy atom. The molecular weight excluding hydrogens is 404 g/mol. The van der Waals surface area contributed by atoms with Gasteiger partial charge in [0.25, 0.3) is 10.0 Å². The largest absolute Gasteiger partial charge is 0.469 e. The molecule has 1 saturated heterocycles. The SMILES string of the molecule is COC(=O)Cc1cn(S(=O)(=O)c2ccc(C)cc2)c2ccc(N3CCOCC3)cc12. The van der Waals surface area contributed by atoms with Crippen molar-refractivity contribution in [3.05, 3.63) is 59.8 Å². The first-order valence-electron chi connectivity index (χ1n) is 9.76. The number of anilines is 1. The second-order valence-electron chi connectivity index (χ2n) is 7.32. The zero-order valence-electron chi connectivity index (χ0n) is 17.0. The number of fused-ring (bicyclic) bond motifs is 1. The minimum Gasteiger partial charge on any atom is -0.469 e. The summed E-state index contributed by atoms with van der Waals surface area (Å²) in [5, 5.41) is 0.722. The van der Waals surface area contributed by atoms with E-state index in [1.165, 1.54) is 17.3 Å². The van der Waals surface area contributed by atoms with Crippen molar-refractivity contribution in [3.63, 3.8) is 0 Å². The van der Waals surface area contributed by atoms with E-state index in [2.05, 4.69) is 4.90 Å². The number of rotatable bonds is 5. The van der Waals surface area contributed by atoms with Crippen LogP contribution in [0.3, 0.4) is 0 Å². The Morgan fingerprint density at radius 3 is 2.47 bits per heavy atom. The van der Waals surface area contributed by atoms with Crippen LogP contribution in [-0.2, 0) is 30.7 Å². The number of aryl methyl sites for hydroxylation is 1. The summed E-state index contributed by atoms with van der Waals surface area (Å²) in [6.45, 7) is 4.73. The molecule has 0 aliphatic carbocycles. The lowest BCUT2D eigenvalue weighted by atomic mass is 10.1. The van der Waals surface area contributed by atoms with Crippen LogP contribution in [0.25, 0.3) is 10.9 Å². The normalized spacial score (nSPS) is 14.8. The van der Waals surface area contributed by atoms with E-state index in [0.29, 0.717) is 24.3 Å². The Labute approximate surface area is 175 Å². The van der Waals surface area contributed by atoms with Gasteiger partial charge in [0.15, 0.2) is 0 Å². The number of morpholine rings is 1. The maximum absolute atomic E-state index is 13.3. The third kappa shape index (κ3) is 3.80. The van der Waals surface area contributed by atoms with Crippen LogP contribution in [0.2, 0.25) is 0 Å². The summed E-state index contributed by atoms with van der Waals surface area (Å²) >= 11 is 0. The molecule has 0 spiro atoms. The molecule has 1 aliphatic rings. The van der Waals surface area contributed by atoms with E-state index < -0.39 is 16.0 Å². The first-order chi connectivity index (χ1) is 14.4. The van der Waals surface area contributed by atoms with E-state index in [1.807, 2.05) is 19.1 Å². The summed E-state index contributed by atoms with van der Waals surface area (Å²) in [6, 6.07) is 12.4. The molecule has 8 heteroatoms. The molecule has 1 fully saturated rings. The maximum Gasteiger partial charge on any atom is 0.310 e. The highest BCUT2D eigenvalue weighted by atomic mass is 32.2. The van der Waals surface area contributed by atoms with E-state index in [4.69, 9.17) is 9.47 Å². The van der Waals surface area contributed by atoms with Crippen molar-refractivity contribution < 1.29 is 22.7 Å². The average Bonchev–Trinajstić information content (AvgIpc) is 3.13. The Bertz CT molecular complexity index is 1180. The molecule has 1 aliphatic heterocycles. The fourth-order valence-corrected chi connectivity index (χ4v) is 5.05. The van der Waals surface area contributed by atoms with Crippen molar-refractivity contribution in [1.29, 1.82) is 0 Å². The Morgan fingerprint density at radius 2 is 1.80 bits per heavy atom. The number of ether oxygens (including phenoxy) is 2. The number of hydrogen-bond donors (Lipinski definition) is 0. The topological polar surface area (TPSA) is 77.8 Å². The number of aromatic nitrogens is 1. The molecule has 0 saturated carbocycles. The van der Waals surface area contributed by atoms with Gasteiger partial charge in [-0.25, -0.2) is 12.4 Å². The Hall–Kier alpha value is -2.84. The van der Waals surface area contributed by atoms with Crippen molar-refractivity contribution in [1.82, 2.24) is 3.97 Å². The van der Waals surface area contributed by atoms with Gasteiger partial charge in [-0.1, -0.05) is 17.7 Å². The minimum atomic E-state index is -3.81. The Balaban J connectivity index is 1.85. The monoisotopic (exact) mass is 428 g/mol. The van der Waals surface area contributed by atoms with Crippen molar-refractivity contribution in [2.24, 2.45) is 0 Å². The third-order valence-electron chi connectivity index (χ3n) is 5.35. The standard InChI is InChI=1S/C22H24N2O5S/c1-16-3-6-19(7-4-16)30(26,27)24-15-17(13-22(25)28-2)20-14-18(5-8-21(20)24)23-9-11-29-12-10-23/h3-8,14-15H,9-13H2,1-2H3. The molecule has 2 aromatic carbocycles. The lowest BCUT2D eigenvalue weighted by molar-refractivity contribution is -0.139. The molecule has 7 nitrogen and oxygen atoms in total. The minimum absolute atomic E-state index is 0.00399. The molecule has 0 atom stereocenters. The van der Waals surface area contributed by atoms with E-state index >= 15 is 0 Å². The number of methoxy groups -OCH3 is 1. The predicted molar refractivity (Wildman–Crippen MR) is 114 cm³/mol. The lowest BCUT2D eigenvalue weighted by Gasteiger charge is -2.29. The van der Waals surface area contributed by atoms with Crippen LogP contribution in [0.1, 0.15) is 11.1 Å². The van der Waals surface area contributed by atoms with E-state index in [9.17, 15) is 13.2 Å². The summed E-state index contributed by atoms with van der Waals surface area (Å²) in [6.07, 6.45) is 1.52. The highest BCUT2D eigenvalue weighted by Gasteiger charge is 2.23. The number of nitrogens with zero attached hydrogens (tertiary/aromatic N) is 2. The van der Waals surface area contributed by atoms with Gasteiger partial charge >= 0.3 is 5.97 Å². The number of esters is 1. The number of carbonyl (C=O) groups excluding carboxylic acids is 1. The zero-order valence-corrected chi connectivity index (χ0v) is 17.8. The van der Waals surface area contributed by atoms with Gasteiger partial charge in [0.1, 0.15) is 0 Å². The van der Waals surface area contributed by atoms with Crippen LogP contribution in [0.5, 0.6) is 0 Å². The van der Waals surface area contributed by atoms with E-state index in [1.54, 1.807) is 30.3 Å². The second kappa shape index (κ2) is 8.12. The summed E-state index contributed by atoms with van der Waals surface area (Å²) in [7, 11) is -2.49. The Kier molecular flexibility index (Phi) is 5.53. The predicted octanol–water partition coefficient (Wildman–Crippen LogP) is 2.74. The molecule has 158 valence electrons. The fourth-order valence-electron chi connectivity index (χ4n) is 3.66. The van der Waals surface area contributed by atoms with Gasteiger partial charge in [-0.3, -0.25) is 4.79 Å². The van der Waals surface area contributed by atoms with E-state index in [-0.39, 0.29) is 11.3 Å². The molecule has 0 N–H and O–H groups in total. The molecule has 1 aromatic heterocycles. The highest BCUT2D eigenvalue weighted by molar-refractivity contribution is 7.90. The van der Waals surface area contributed by atoms with Crippen molar-refractivity contribution in [3.8, 4) is 0 Å². The van der Waals surface area contributed by atoms with Crippen LogP contribution in [0, 0.1) is 6.92 Å². The zero-order chi connectivity index (χ0) is 21.3. The van der Waals surface area contributed by atoms with Crippen LogP contribution < -0.4 is 4.90 Å². The molecule has 30 heavy (non-hydrogen) atoms. The average molecular weight is 429 g/mol. The van der Waals surface area contributed by atoms with Gasteiger partial charge in [0, 0.05) is 30.4 Å². The second-order valence-corrected chi connectivity index (χ2v) is 9.14. The van der Waals surface area contributed by atoms with E-state index in [0.717, 1.165) is 29.7 Å². The number of benzene rings is 2. The first-order valence-corrected chi connectivity index (χ1v) is 11.2. The van der Waals surface area contributed by atoms with Crippen molar-refractivity contribution >= 4 is 32.6 Å². The van der Waals surface area contributed by atoms with Crippen LogP contribution >= 0.6 is 0 Å². The van der Waals surface area contributed by atoms with Gasteiger partial charge in [0.2, 0.25) is 0 Å². The van der Waals surface area contributed by atoms with Gasteiger partial charge in [-0.05, 0) is 42.8 Å². The molecular formula is C22H24N2O5S. The highest BCUT2D eigenvalue weighted by Crippen LogP contribution is 2.30. The molecule has 0 unspecified atom stereocenters. The molecule has 4 rings (SSSR count). The summed E-state index contributed by atoms with van der Waals surface area (Å²) in [5.41, 5.74) is 3.10. The third-order valence-corrected chi connectivity index (χ3v) is 7.04. The number of hydrogen-bond acceptors (Lipinski definition) is 6. The molecule has 2 heterocycles. The molecule has 0 amide bonds. The molecule has 3 aromatic rings. The molecule has 0 radical (unpaired) electrons. The van der Waals surface area contributed by atoms with Crippen LogP contribution in [0.15, 0.2) is 53.6 Å². The maximum atomic E-state index is 13.3. The summed E-state index contributed by atoms with van der Waals surface area (Å²) in [4.78, 5) is 14.4. The first kappa shape index (κ1) is 20.4. The number of carbonyl (C=O) groups is 1. The van der Waals surface area contributed by atoms with Crippen LogP contribution in [0.4, 0.5) is 5.69 Å².